The lowest BCUT2D eigenvalue weighted by molar-refractivity contribution is 0.0916. The molecule has 0 saturated carbocycles. The lowest BCUT2D eigenvalue weighted by Gasteiger charge is -2.10. The number of thiophene rings is 1. The van der Waals surface area contributed by atoms with E-state index in [2.05, 4.69) is 10.3 Å². The number of aliphatic hydroxyl groups excluding tert-OH is 1. The molecule has 3 rings (SSSR count). The molecule has 1 atom stereocenters. The molecule has 3 aromatic rings. The number of aliphatic hydroxyl groups is 1. The van der Waals surface area contributed by atoms with Crippen molar-refractivity contribution in [3.05, 3.63) is 70.8 Å². The Morgan fingerprint density at radius 2 is 2.14 bits per heavy atom. The van der Waals surface area contributed by atoms with Gasteiger partial charge >= 0.3 is 0 Å². The van der Waals surface area contributed by atoms with E-state index >= 15 is 0 Å². The van der Waals surface area contributed by atoms with Crippen LogP contribution in [0.15, 0.2) is 59.7 Å². The molecule has 0 radical (unpaired) electrons. The van der Waals surface area contributed by atoms with Crippen molar-refractivity contribution in [2.75, 3.05) is 6.54 Å². The minimum absolute atomic E-state index is 0.176. The molecular weight excluding hydrogens is 298 g/mol. The van der Waals surface area contributed by atoms with E-state index in [0.717, 1.165) is 11.4 Å². The maximum Gasteiger partial charge on any atom is 0.252 e. The average molecular weight is 313 g/mol. The second-order valence-corrected chi connectivity index (χ2v) is 5.56. The van der Waals surface area contributed by atoms with E-state index in [-0.39, 0.29) is 12.5 Å². The minimum Gasteiger partial charge on any atom is -0.387 e. The molecule has 3 aromatic heterocycles. The summed E-state index contributed by atoms with van der Waals surface area (Å²) in [5.74, 6) is 0.501. The van der Waals surface area contributed by atoms with Crippen molar-refractivity contribution in [3.63, 3.8) is 0 Å². The quantitative estimate of drug-likeness (QED) is 0.760. The highest BCUT2D eigenvalue weighted by atomic mass is 32.1. The van der Waals surface area contributed by atoms with Crippen molar-refractivity contribution in [2.45, 2.75) is 6.10 Å². The summed E-state index contributed by atoms with van der Waals surface area (Å²) in [7, 11) is 0. The first kappa shape index (κ1) is 14.5. The number of hydrogen-bond acceptors (Lipinski definition) is 4. The van der Waals surface area contributed by atoms with Crippen LogP contribution in [0.5, 0.6) is 0 Å². The van der Waals surface area contributed by atoms with E-state index in [4.69, 9.17) is 0 Å². The fraction of sp³-hybridized carbons (Fsp3) is 0.125. The standard InChI is InChI=1S/C16H15N3O2S/c20-14(13-5-8-22-11-13)10-18-16(21)12-3-4-15(17-9-12)19-6-1-2-7-19/h1-9,11,14,20H,10H2,(H,18,21). The van der Waals surface area contributed by atoms with Gasteiger partial charge in [-0.05, 0) is 46.7 Å². The van der Waals surface area contributed by atoms with Crippen LogP contribution < -0.4 is 5.32 Å². The summed E-state index contributed by atoms with van der Waals surface area (Å²) in [6.07, 6.45) is 4.61. The van der Waals surface area contributed by atoms with Crippen LogP contribution in [-0.4, -0.2) is 27.1 Å². The molecule has 1 amide bonds. The highest BCUT2D eigenvalue weighted by Crippen LogP contribution is 2.15. The van der Waals surface area contributed by atoms with Gasteiger partial charge in [-0.3, -0.25) is 4.79 Å². The first-order valence-corrected chi connectivity index (χ1v) is 7.76. The van der Waals surface area contributed by atoms with Gasteiger partial charge in [0, 0.05) is 25.1 Å². The van der Waals surface area contributed by atoms with Crippen molar-refractivity contribution in [2.24, 2.45) is 0 Å². The summed E-state index contributed by atoms with van der Waals surface area (Å²) >= 11 is 1.51. The van der Waals surface area contributed by atoms with Gasteiger partial charge in [-0.2, -0.15) is 11.3 Å². The first-order chi connectivity index (χ1) is 10.7. The van der Waals surface area contributed by atoms with Crippen LogP contribution >= 0.6 is 11.3 Å². The fourth-order valence-corrected chi connectivity index (χ4v) is 2.74. The van der Waals surface area contributed by atoms with E-state index in [1.807, 2.05) is 45.9 Å². The van der Waals surface area contributed by atoms with Gasteiger partial charge in [0.25, 0.3) is 5.91 Å². The van der Waals surface area contributed by atoms with E-state index in [1.165, 1.54) is 17.5 Å². The molecule has 0 saturated heterocycles. The third-order valence-corrected chi connectivity index (χ3v) is 3.96. The van der Waals surface area contributed by atoms with Gasteiger partial charge in [-0.25, -0.2) is 4.98 Å². The van der Waals surface area contributed by atoms with Gasteiger partial charge in [0.1, 0.15) is 5.82 Å². The molecule has 2 N–H and O–H groups in total. The third-order valence-electron chi connectivity index (χ3n) is 3.26. The fourth-order valence-electron chi connectivity index (χ4n) is 2.03. The molecule has 22 heavy (non-hydrogen) atoms. The van der Waals surface area contributed by atoms with Gasteiger partial charge in [0.15, 0.2) is 0 Å². The smallest absolute Gasteiger partial charge is 0.252 e. The zero-order chi connectivity index (χ0) is 15.4. The van der Waals surface area contributed by atoms with Crippen LogP contribution in [0.2, 0.25) is 0 Å². The topological polar surface area (TPSA) is 67.2 Å². The molecule has 112 valence electrons. The van der Waals surface area contributed by atoms with Gasteiger partial charge in [-0.1, -0.05) is 0 Å². The van der Waals surface area contributed by atoms with Crippen LogP contribution in [0.3, 0.4) is 0 Å². The molecule has 0 aromatic carbocycles. The molecule has 0 aliphatic carbocycles. The molecule has 5 nitrogen and oxygen atoms in total. The number of nitrogens with one attached hydrogen (secondary N) is 1. The van der Waals surface area contributed by atoms with Gasteiger partial charge in [-0.15, -0.1) is 0 Å². The molecule has 0 aliphatic rings. The van der Waals surface area contributed by atoms with Gasteiger partial charge in [0.05, 0.1) is 11.7 Å². The van der Waals surface area contributed by atoms with E-state index in [0.29, 0.717) is 5.56 Å². The summed E-state index contributed by atoms with van der Waals surface area (Å²) in [6.45, 7) is 0.176. The number of amides is 1. The molecule has 0 aliphatic heterocycles. The predicted molar refractivity (Wildman–Crippen MR) is 85.2 cm³/mol. The molecule has 0 spiro atoms. The number of carbonyl (C=O) groups excluding carboxylic acids is 1. The second kappa shape index (κ2) is 6.55. The number of nitrogens with zero attached hydrogens (tertiary/aromatic N) is 2. The van der Waals surface area contributed by atoms with Gasteiger partial charge in [0.2, 0.25) is 0 Å². The predicted octanol–water partition coefficient (Wildman–Crippen LogP) is 2.40. The largest absolute Gasteiger partial charge is 0.387 e. The lowest BCUT2D eigenvalue weighted by atomic mass is 10.2. The Bertz CT molecular complexity index is 721. The van der Waals surface area contributed by atoms with Crippen molar-refractivity contribution in [3.8, 4) is 5.82 Å². The maximum atomic E-state index is 12.1. The number of pyridine rings is 1. The lowest BCUT2D eigenvalue weighted by Crippen LogP contribution is -2.28. The summed E-state index contributed by atoms with van der Waals surface area (Å²) < 4.78 is 1.86. The Kier molecular flexibility index (Phi) is 4.32. The molecule has 3 heterocycles. The van der Waals surface area contributed by atoms with Crippen molar-refractivity contribution in [1.82, 2.24) is 14.9 Å². The Hall–Kier alpha value is -2.44. The molecule has 0 bridgehead atoms. The number of carbonyl (C=O) groups is 1. The highest BCUT2D eigenvalue weighted by Gasteiger charge is 2.11. The number of hydrogen-bond donors (Lipinski definition) is 2. The van der Waals surface area contributed by atoms with Crippen LogP contribution in [-0.2, 0) is 0 Å². The first-order valence-electron chi connectivity index (χ1n) is 6.82. The van der Waals surface area contributed by atoms with E-state index in [9.17, 15) is 9.90 Å². The monoisotopic (exact) mass is 313 g/mol. The van der Waals surface area contributed by atoms with Crippen molar-refractivity contribution < 1.29 is 9.90 Å². The van der Waals surface area contributed by atoms with Crippen LogP contribution in [0.25, 0.3) is 5.82 Å². The summed E-state index contributed by atoms with van der Waals surface area (Å²) in [4.78, 5) is 16.3. The minimum atomic E-state index is -0.692. The Balaban J connectivity index is 1.60. The Labute approximate surface area is 131 Å². The summed E-state index contributed by atoms with van der Waals surface area (Å²) in [5, 5.41) is 16.4. The second-order valence-electron chi connectivity index (χ2n) is 4.78. The van der Waals surface area contributed by atoms with E-state index in [1.54, 1.807) is 12.1 Å². The van der Waals surface area contributed by atoms with Crippen molar-refractivity contribution in [1.29, 1.82) is 0 Å². The zero-order valence-corrected chi connectivity index (χ0v) is 12.5. The number of rotatable bonds is 5. The van der Waals surface area contributed by atoms with Crippen LogP contribution in [0, 0.1) is 0 Å². The highest BCUT2D eigenvalue weighted by molar-refractivity contribution is 7.07. The summed E-state index contributed by atoms with van der Waals surface area (Å²) in [6, 6.07) is 9.16. The number of aromatic nitrogens is 2. The summed E-state index contributed by atoms with van der Waals surface area (Å²) in [5.41, 5.74) is 1.28. The molecule has 6 heteroatoms. The van der Waals surface area contributed by atoms with Crippen LogP contribution in [0.1, 0.15) is 22.0 Å². The molecular formula is C16H15N3O2S. The average Bonchev–Trinajstić information content (AvgIpc) is 3.25. The van der Waals surface area contributed by atoms with Crippen molar-refractivity contribution >= 4 is 17.2 Å². The molecule has 1 unspecified atom stereocenters. The SMILES string of the molecule is O=C(NCC(O)c1ccsc1)c1ccc(-n2cccc2)nc1. The normalized spacial score (nSPS) is 12.0. The van der Waals surface area contributed by atoms with E-state index < -0.39 is 6.10 Å². The van der Waals surface area contributed by atoms with Crippen LogP contribution in [0.4, 0.5) is 0 Å². The zero-order valence-electron chi connectivity index (χ0n) is 11.7. The third kappa shape index (κ3) is 3.24. The Morgan fingerprint density at radius 1 is 1.32 bits per heavy atom. The molecule has 0 fully saturated rings. The Morgan fingerprint density at radius 3 is 2.77 bits per heavy atom. The maximum absolute atomic E-state index is 12.1. The van der Waals surface area contributed by atoms with Gasteiger partial charge < -0.3 is 15.0 Å².